The smallest absolute Gasteiger partial charge is 0.335 e. The second-order valence-electron chi connectivity index (χ2n) is 3.50. The number of ether oxygens (including phenoxy) is 1. The number of rotatable bonds is 6. The Balaban J connectivity index is 2.52. The van der Waals surface area contributed by atoms with Crippen LogP contribution in [0.15, 0.2) is 18.2 Å². The molecular weight excluding hydrogens is 272 g/mol. The van der Waals surface area contributed by atoms with Gasteiger partial charge in [-0.3, -0.25) is 4.79 Å². The van der Waals surface area contributed by atoms with Crippen LogP contribution in [0.25, 0.3) is 0 Å². The van der Waals surface area contributed by atoms with Crippen LogP contribution in [0.5, 0.6) is 5.75 Å². The third kappa shape index (κ3) is 4.85. The van der Waals surface area contributed by atoms with Crippen molar-refractivity contribution in [2.75, 3.05) is 13.2 Å². The van der Waals surface area contributed by atoms with Gasteiger partial charge in [0.05, 0.1) is 23.1 Å². The van der Waals surface area contributed by atoms with Gasteiger partial charge in [-0.2, -0.15) is 5.26 Å². The molecule has 100 valence electrons. The summed E-state index contributed by atoms with van der Waals surface area (Å²) in [4.78, 5) is 22.0. The summed E-state index contributed by atoms with van der Waals surface area (Å²) in [6, 6.07) is 5.85. The van der Waals surface area contributed by atoms with Gasteiger partial charge in [-0.25, -0.2) is 4.79 Å². The highest BCUT2D eigenvalue weighted by atomic mass is 35.5. The van der Waals surface area contributed by atoms with E-state index in [1.54, 1.807) is 0 Å². The highest BCUT2D eigenvalue weighted by Gasteiger charge is 2.09. The maximum absolute atomic E-state index is 11.3. The maximum Gasteiger partial charge on any atom is 0.335 e. The monoisotopic (exact) mass is 282 g/mol. The van der Waals surface area contributed by atoms with E-state index in [1.807, 2.05) is 6.07 Å². The fourth-order valence-corrected chi connectivity index (χ4v) is 1.44. The van der Waals surface area contributed by atoms with E-state index in [0.717, 1.165) is 0 Å². The molecule has 6 nitrogen and oxygen atoms in total. The molecule has 0 aliphatic rings. The largest absolute Gasteiger partial charge is 0.482 e. The van der Waals surface area contributed by atoms with Crippen molar-refractivity contribution in [3.05, 3.63) is 28.8 Å². The zero-order valence-electron chi connectivity index (χ0n) is 9.85. The lowest BCUT2D eigenvalue weighted by molar-refractivity contribution is -0.123. The minimum atomic E-state index is -1.09. The number of carboxylic acids is 1. The highest BCUT2D eigenvalue weighted by Crippen LogP contribution is 2.25. The first kappa shape index (κ1) is 14.8. The Hall–Kier alpha value is -2.26. The van der Waals surface area contributed by atoms with Crippen LogP contribution in [0.2, 0.25) is 5.02 Å². The minimum absolute atomic E-state index is 0.0378. The predicted molar refractivity (Wildman–Crippen MR) is 67.1 cm³/mol. The minimum Gasteiger partial charge on any atom is -0.482 e. The number of nitriles is 1. The van der Waals surface area contributed by atoms with Gasteiger partial charge in [0, 0.05) is 6.54 Å². The molecule has 0 fully saturated rings. The molecule has 0 radical (unpaired) electrons. The summed E-state index contributed by atoms with van der Waals surface area (Å²) >= 11 is 5.82. The zero-order chi connectivity index (χ0) is 14.3. The van der Waals surface area contributed by atoms with Crippen LogP contribution in [-0.4, -0.2) is 30.1 Å². The molecule has 1 aromatic rings. The van der Waals surface area contributed by atoms with E-state index in [-0.39, 0.29) is 41.8 Å². The summed E-state index contributed by atoms with van der Waals surface area (Å²) in [5, 5.41) is 19.6. The number of hydrogen-bond acceptors (Lipinski definition) is 4. The predicted octanol–water partition coefficient (Wildman–Crippen LogP) is 1.45. The number of aromatic carboxylic acids is 1. The van der Waals surface area contributed by atoms with Gasteiger partial charge in [0.2, 0.25) is 0 Å². The number of benzene rings is 1. The average Bonchev–Trinajstić information content (AvgIpc) is 2.37. The van der Waals surface area contributed by atoms with Gasteiger partial charge in [-0.05, 0) is 18.2 Å². The fraction of sp³-hybridized carbons (Fsp3) is 0.250. The second-order valence-corrected chi connectivity index (χ2v) is 3.90. The van der Waals surface area contributed by atoms with Crippen molar-refractivity contribution in [1.29, 1.82) is 5.26 Å². The second kappa shape index (κ2) is 7.24. The molecule has 0 spiro atoms. The third-order valence-electron chi connectivity index (χ3n) is 2.10. The number of carboxylic acid groups (broad SMARTS) is 1. The summed E-state index contributed by atoms with van der Waals surface area (Å²) < 4.78 is 5.14. The van der Waals surface area contributed by atoms with Crippen molar-refractivity contribution >= 4 is 23.5 Å². The Bertz CT molecular complexity index is 525. The first-order chi connectivity index (χ1) is 9.04. The van der Waals surface area contributed by atoms with Crippen molar-refractivity contribution in [1.82, 2.24) is 5.32 Å². The van der Waals surface area contributed by atoms with Crippen LogP contribution < -0.4 is 10.1 Å². The van der Waals surface area contributed by atoms with Gasteiger partial charge in [-0.15, -0.1) is 0 Å². The van der Waals surface area contributed by atoms with E-state index >= 15 is 0 Å². The topological polar surface area (TPSA) is 99.4 Å². The summed E-state index contributed by atoms with van der Waals surface area (Å²) in [5.41, 5.74) is 0.0378. The van der Waals surface area contributed by atoms with Crippen molar-refractivity contribution in [3.63, 3.8) is 0 Å². The first-order valence-electron chi connectivity index (χ1n) is 5.34. The van der Waals surface area contributed by atoms with Crippen LogP contribution in [0.3, 0.4) is 0 Å². The number of carbonyl (C=O) groups excluding carboxylic acids is 1. The van der Waals surface area contributed by atoms with E-state index in [4.69, 9.17) is 26.7 Å². The van der Waals surface area contributed by atoms with Gasteiger partial charge in [0.15, 0.2) is 6.61 Å². The number of halogens is 1. The van der Waals surface area contributed by atoms with Crippen molar-refractivity contribution in [3.8, 4) is 11.8 Å². The quantitative estimate of drug-likeness (QED) is 0.769. The Morgan fingerprint density at radius 2 is 2.21 bits per heavy atom. The number of nitrogens with one attached hydrogen (secondary N) is 1. The third-order valence-corrected chi connectivity index (χ3v) is 2.39. The molecule has 19 heavy (non-hydrogen) atoms. The molecule has 0 aliphatic heterocycles. The molecule has 0 aliphatic carbocycles. The summed E-state index contributed by atoms with van der Waals surface area (Å²) in [5.74, 6) is -1.25. The van der Waals surface area contributed by atoms with Crippen LogP contribution in [0.4, 0.5) is 0 Å². The highest BCUT2D eigenvalue weighted by molar-refractivity contribution is 6.32. The molecule has 2 N–H and O–H groups in total. The molecule has 1 rings (SSSR count). The first-order valence-corrected chi connectivity index (χ1v) is 5.71. The summed E-state index contributed by atoms with van der Waals surface area (Å²) in [7, 11) is 0. The fourth-order valence-electron chi connectivity index (χ4n) is 1.20. The molecular formula is C12H11ClN2O4. The van der Waals surface area contributed by atoms with E-state index in [9.17, 15) is 9.59 Å². The van der Waals surface area contributed by atoms with Crippen LogP contribution >= 0.6 is 11.6 Å². The number of nitrogens with zero attached hydrogens (tertiary/aromatic N) is 1. The van der Waals surface area contributed by atoms with Gasteiger partial charge < -0.3 is 15.2 Å². The molecule has 0 aromatic heterocycles. The van der Waals surface area contributed by atoms with Crippen molar-refractivity contribution in [2.45, 2.75) is 6.42 Å². The summed E-state index contributed by atoms with van der Waals surface area (Å²) in [6.45, 7) is 0.00193. The molecule has 0 saturated carbocycles. The van der Waals surface area contributed by atoms with E-state index < -0.39 is 5.97 Å². The van der Waals surface area contributed by atoms with Crippen LogP contribution in [0.1, 0.15) is 16.8 Å². The molecule has 0 bridgehead atoms. The SMILES string of the molecule is N#CCCNC(=O)COc1ccc(C(=O)O)cc1Cl. The number of amides is 1. The standard InChI is InChI=1S/C12H11ClN2O4/c13-9-6-8(12(17)18)2-3-10(9)19-7-11(16)15-5-1-4-14/h2-3,6H,1,5,7H2,(H,15,16)(H,17,18). The normalized spacial score (nSPS) is 9.47. The van der Waals surface area contributed by atoms with Crippen LogP contribution in [-0.2, 0) is 4.79 Å². The Kier molecular flexibility index (Phi) is 5.64. The Morgan fingerprint density at radius 1 is 1.47 bits per heavy atom. The lowest BCUT2D eigenvalue weighted by Crippen LogP contribution is -2.29. The van der Waals surface area contributed by atoms with Crippen molar-refractivity contribution < 1.29 is 19.4 Å². The van der Waals surface area contributed by atoms with E-state index in [1.165, 1.54) is 18.2 Å². The number of hydrogen-bond donors (Lipinski definition) is 2. The molecule has 0 atom stereocenters. The lowest BCUT2D eigenvalue weighted by Gasteiger charge is -2.08. The van der Waals surface area contributed by atoms with Gasteiger partial charge >= 0.3 is 5.97 Å². The summed E-state index contributed by atoms with van der Waals surface area (Å²) in [6.07, 6.45) is 0.222. The molecule has 0 unspecified atom stereocenters. The molecule has 7 heteroatoms. The van der Waals surface area contributed by atoms with Gasteiger partial charge in [0.25, 0.3) is 5.91 Å². The lowest BCUT2D eigenvalue weighted by atomic mass is 10.2. The molecule has 0 heterocycles. The Morgan fingerprint density at radius 3 is 2.79 bits per heavy atom. The van der Waals surface area contributed by atoms with Gasteiger partial charge in [0.1, 0.15) is 5.75 Å². The van der Waals surface area contributed by atoms with E-state index in [2.05, 4.69) is 5.32 Å². The van der Waals surface area contributed by atoms with Gasteiger partial charge in [-0.1, -0.05) is 11.6 Å². The molecule has 1 amide bonds. The molecule has 1 aromatic carbocycles. The molecule has 0 saturated heterocycles. The maximum atomic E-state index is 11.3. The van der Waals surface area contributed by atoms with Crippen LogP contribution in [0, 0.1) is 11.3 Å². The zero-order valence-corrected chi connectivity index (χ0v) is 10.6. The number of carbonyl (C=O) groups is 2. The average molecular weight is 283 g/mol. The van der Waals surface area contributed by atoms with E-state index in [0.29, 0.717) is 0 Å². The van der Waals surface area contributed by atoms with Crippen molar-refractivity contribution in [2.24, 2.45) is 0 Å². The Labute approximate surface area is 114 Å².